The molecule has 1 aromatic carbocycles. The van der Waals surface area contributed by atoms with Crippen LogP contribution in [0.15, 0.2) is 35.4 Å². The van der Waals surface area contributed by atoms with Crippen LogP contribution >= 0.6 is 0 Å². The molecule has 0 bridgehead atoms. The molecule has 100 valence electrons. The molecule has 0 unspecified atom stereocenters. The smallest absolute Gasteiger partial charge is 0.320 e. The first-order valence-electron chi connectivity index (χ1n) is 5.48. The molecule has 7 heteroatoms. The molecular weight excluding hydrogens is 254 g/mol. The highest BCUT2D eigenvalue weighted by molar-refractivity contribution is 7.90. The maximum atomic E-state index is 11.9. The van der Waals surface area contributed by atoms with Gasteiger partial charge in [-0.15, -0.1) is 9.52 Å². The molecule has 1 rings (SSSR count). The van der Waals surface area contributed by atoms with Crippen molar-refractivity contribution in [1.82, 2.24) is 4.72 Å². The Bertz CT molecular complexity index is 500. The summed E-state index contributed by atoms with van der Waals surface area (Å²) in [7, 11) is -2.38. The number of rotatable bonds is 5. The summed E-state index contributed by atoms with van der Waals surface area (Å²) in [4.78, 5) is 0. The first kappa shape index (κ1) is 14.5. The van der Waals surface area contributed by atoms with Crippen molar-refractivity contribution in [2.45, 2.75) is 13.8 Å². The highest BCUT2D eigenvalue weighted by Crippen LogP contribution is 2.17. The molecule has 6 nitrogen and oxygen atoms in total. The van der Waals surface area contributed by atoms with Gasteiger partial charge >= 0.3 is 10.2 Å². The lowest BCUT2D eigenvalue weighted by molar-refractivity contribution is 0.323. The fourth-order valence-electron chi connectivity index (χ4n) is 1.26. The first-order chi connectivity index (χ1) is 8.51. The monoisotopic (exact) mass is 271 g/mol. The van der Waals surface area contributed by atoms with Crippen molar-refractivity contribution in [3.8, 4) is 0 Å². The van der Waals surface area contributed by atoms with Crippen LogP contribution in [0.1, 0.15) is 13.8 Å². The van der Waals surface area contributed by atoms with Crippen LogP contribution in [0.4, 0.5) is 5.69 Å². The average molecular weight is 271 g/mol. The van der Waals surface area contributed by atoms with Crippen LogP contribution in [0.2, 0.25) is 0 Å². The van der Waals surface area contributed by atoms with Gasteiger partial charge in [-0.3, -0.25) is 0 Å². The van der Waals surface area contributed by atoms with Crippen LogP contribution in [-0.2, 0) is 14.9 Å². The van der Waals surface area contributed by atoms with E-state index in [1.165, 1.54) is 7.05 Å². The Kier molecular flexibility index (Phi) is 5.11. The third-order valence-electron chi connectivity index (χ3n) is 2.05. The number of benzene rings is 1. The van der Waals surface area contributed by atoms with Gasteiger partial charge in [0, 0.05) is 14.0 Å². The molecule has 0 aromatic heterocycles. The highest BCUT2D eigenvalue weighted by atomic mass is 32.2. The van der Waals surface area contributed by atoms with E-state index in [-0.39, 0.29) is 5.90 Å². The molecule has 0 aliphatic carbocycles. The van der Waals surface area contributed by atoms with Crippen LogP contribution in [0, 0.1) is 0 Å². The Labute approximate surface area is 107 Å². The van der Waals surface area contributed by atoms with E-state index in [0.29, 0.717) is 12.3 Å². The summed E-state index contributed by atoms with van der Waals surface area (Å²) < 4.78 is 32.1. The van der Waals surface area contributed by atoms with Crippen LogP contribution < -0.4 is 9.14 Å². The fourth-order valence-corrected chi connectivity index (χ4v) is 2.05. The number of hydrogen-bond donors (Lipinski definition) is 1. The van der Waals surface area contributed by atoms with Gasteiger partial charge in [-0.05, 0) is 19.1 Å². The van der Waals surface area contributed by atoms with Crippen molar-refractivity contribution in [3.63, 3.8) is 0 Å². The Morgan fingerprint density at radius 1 is 1.39 bits per heavy atom. The first-order valence-corrected chi connectivity index (χ1v) is 6.92. The van der Waals surface area contributed by atoms with E-state index < -0.39 is 10.2 Å². The van der Waals surface area contributed by atoms with E-state index in [4.69, 9.17) is 4.74 Å². The highest BCUT2D eigenvalue weighted by Gasteiger charge is 2.20. The Hall–Kier alpha value is -1.60. The summed E-state index contributed by atoms with van der Waals surface area (Å²) >= 11 is 0. The molecule has 1 N–H and O–H groups in total. The van der Waals surface area contributed by atoms with E-state index in [1.807, 2.05) is 0 Å². The second-order valence-corrected chi connectivity index (χ2v) is 5.04. The lowest BCUT2D eigenvalue weighted by Crippen LogP contribution is -2.36. The Morgan fingerprint density at radius 3 is 2.50 bits per heavy atom. The standard InChI is InChI=1S/C11H17N3O3S/c1-4-17-10(2)13-14(18(15,16)12-3)11-8-6-5-7-9-11/h5-9,12H,4H2,1-3H3/b13-10+. The number of hydrazone groups is 1. The molecule has 0 spiro atoms. The van der Waals surface area contributed by atoms with Crippen molar-refractivity contribution in [2.24, 2.45) is 5.10 Å². The quantitative estimate of drug-likeness (QED) is 0.499. The van der Waals surface area contributed by atoms with E-state index in [0.717, 1.165) is 4.41 Å². The van der Waals surface area contributed by atoms with Gasteiger partial charge in [-0.2, -0.15) is 13.1 Å². The van der Waals surface area contributed by atoms with Crippen molar-refractivity contribution in [2.75, 3.05) is 18.1 Å². The molecule has 0 aliphatic heterocycles. The van der Waals surface area contributed by atoms with Crippen molar-refractivity contribution in [1.29, 1.82) is 0 Å². The van der Waals surface area contributed by atoms with Gasteiger partial charge in [0.1, 0.15) is 0 Å². The molecule has 0 saturated heterocycles. The topological polar surface area (TPSA) is 71.0 Å². The number of ether oxygens (including phenoxy) is 1. The minimum absolute atomic E-state index is 0.278. The minimum Gasteiger partial charge on any atom is -0.480 e. The van der Waals surface area contributed by atoms with Gasteiger partial charge < -0.3 is 4.74 Å². The summed E-state index contributed by atoms with van der Waals surface area (Å²) in [5.41, 5.74) is 0.436. The molecule has 0 radical (unpaired) electrons. The van der Waals surface area contributed by atoms with Crippen LogP contribution in [0.3, 0.4) is 0 Å². The zero-order valence-electron chi connectivity index (χ0n) is 10.6. The molecule has 0 fully saturated rings. The molecule has 0 amide bonds. The number of hydrogen-bond acceptors (Lipinski definition) is 4. The molecule has 0 saturated carbocycles. The summed E-state index contributed by atoms with van der Waals surface area (Å²) in [6.45, 7) is 3.83. The third-order valence-corrected chi connectivity index (χ3v) is 3.31. The molecule has 18 heavy (non-hydrogen) atoms. The summed E-state index contributed by atoms with van der Waals surface area (Å²) in [6, 6.07) is 8.57. The molecule has 0 atom stereocenters. The van der Waals surface area contributed by atoms with Gasteiger partial charge in [-0.25, -0.2) is 0 Å². The predicted molar refractivity (Wildman–Crippen MR) is 71.6 cm³/mol. The minimum atomic E-state index is -3.71. The lowest BCUT2D eigenvalue weighted by atomic mass is 10.3. The van der Waals surface area contributed by atoms with Gasteiger partial charge in [0.05, 0.1) is 12.3 Å². The molecule has 0 heterocycles. The van der Waals surface area contributed by atoms with Gasteiger partial charge in [-0.1, -0.05) is 18.2 Å². The van der Waals surface area contributed by atoms with E-state index >= 15 is 0 Å². The van der Waals surface area contributed by atoms with Crippen LogP contribution in [0.25, 0.3) is 0 Å². The van der Waals surface area contributed by atoms with E-state index in [2.05, 4.69) is 9.82 Å². The lowest BCUT2D eigenvalue weighted by Gasteiger charge is -2.18. The number of nitrogens with zero attached hydrogens (tertiary/aromatic N) is 2. The summed E-state index contributed by atoms with van der Waals surface area (Å²) in [6.07, 6.45) is 0. The third kappa shape index (κ3) is 3.71. The van der Waals surface area contributed by atoms with Gasteiger partial charge in [0.2, 0.25) is 5.90 Å². The van der Waals surface area contributed by atoms with Crippen molar-refractivity contribution < 1.29 is 13.2 Å². The number of nitrogens with one attached hydrogen (secondary N) is 1. The zero-order chi connectivity index (χ0) is 13.6. The summed E-state index contributed by atoms with van der Waals surface area (Å²) in [5, 5.41) is 3.96. The molecular formula is C11H17N3O3S. The fraction of sp³-hybridized carbons (Fsp3) is 0.364. The zero-order valence-corrected chi connectivity index (χ0v) is 11.4. The maximum absolute atomic E-state index is 11.9. The Morgan fingerprint density at radius 2 is 2.00 bits per heavy atom. The van der Waals surface area contributed by atoms with E-state index in [9.17, 15) is 8.42 Å². The van der Waals surface area contributed by atoms with E-state index in [1.54, 1.807) is 44.2 Å². The van der Waals surface area contributed by atoms with Crippen molar-refractivity contribution in [3.05, 3.63) is 30.3 Å². The maximum Gasteiger partial charge on any atom is 0.320 e. The van der Waals surface area contributed by atoms with Gasteiger partial charge in [0.25, 0.3) is 0 Å². The number of para-hydroxylation sites is 1. The Balaban J connectivity index is 3.17. The average Bonchev–Trinajstić information content (AvgIpc) is 2.37. The van der Waals surface area contributed by atoms with Crippen LogP contribution in [-0.4, -0.2) is 28.0 Å². The second kappa shape index (κ2) is 6.36. The summed E-state index contributed by atoms with van der Waals surface area (Å²) in [5.74, 6) is 0.278. The second-order valence-electron chi connectivity index (χ2n) is 3.34. The largest absolute Gasteiger partial charge is 0.480 e. The normalized spacial score (nSPS) is 12.3. The SMILES string of the molecule is CCO/C(C)=N/N(c1ccccc1)S(=O)(=O)NC. The molecule has 0 aliphatic rings. The molecule has 1 aromatic rings. The predicted octanol–water partition coefficient (Wildman–Crippen LogP) is 1.33. The van der Waals surface area contributed by atoms with Gasteiger partial charge in [0.15, 0.2) is 0 Å². The van der Waals surface area contributed by atoms with Crippen molar-refractivity contribution >= 4 is 21.8 Å². The number of anilines is 1. The van der Waals surface area contributed by atoms with Crippen LogP contribution in [0.5, 0.6) is 0 Å².